The molecular formula is C22H32F2N6O3S2Si. The van der Waals surface area contributed by atoms with Gasteiger partial charge < -0.3 is 9.74 Å². The van der Waals surface area contributed by atoms with E-state index in [9.17, 15) is 17.2 Å². The number of rotatable bonds is 9. The number of hydrogen-bond donors (Lipinski definition) is 2. The van der Waals surface area contributed by atoms with Crippen LogP contribution in [0.4, 0.5) is 14.5 Å². The van der Waals surface area contributed by atoms with Crippen molar-refractivity contribution in [2.45, 2.75) is 82.1 Å². The summed E-state index contributed by atoms with van der Waals surface area (Å²) in [7, 11) is -4.31. The predicted molar refractivity (Wildman–Crippen MR) is 139 cm³/mol. The zero-order chi connectivity index (χ0) is 26.7. The normalized spacial score (nSPS) is 16.2. The minimum atomic E-state index is -3.85. The highest BCUT2D eigenvalue weighted by Crippen LogP contribution is 2.39. The van der Waals surface area contributed by atoms with Crippen molar-refractivity contribution in [3.05, 3.63) is 23.0 Å². The van der Waals surface area contributed by atoms with Crippen molar-refractivity contribution in [1.29, 1.82) is 0 Å². The smallest absolute Gasteiger partial charge is 0.291 e. The van der Waals surface area contributed by atoms with Crippen LogP contribution in [0.15, 0.2) is 17.2 Å². The molecule has 3 aromatic rings. The van der Waals surface area contributed by atoms with Crippen LogP contribution in [0.25, 0.3) is 16.3 Å². The first-order valence-electron chi connectivity index (χ1n) is 11.6. The van der Waals surface area contributed by atoms with Crippen LogP contribution in [0.2, 0.25) is 18.1 Å². The van der Waals surface area contributed by atoms with Gasteiger partial charge in [0.2, 0.25) is 10.0 Å². The maximum atomic E-state index is 13.2. The molecule has 0 atom stereocenters. The SMILES string of the molecule is CNc1cc(S(=O)(=O)NC2(C)CC2)cn2c(-c3nnc(C(F)F)s3)nc(CO[Si](C)(C)C(C)(C)C)c12. The lowest BCUT2D eigenvalue weighted by atomic mass is 10.2. The molecule has 0 amide bonds. The highest BCUT2D eigenvalue weighted by atomic mass is 32.2. The third-order valence-corrected chi connectivity index (χ3v) is 13.9. The zero-order valence-corrected chi connectivity index (χ0v) is 24.1. The molecule has 1 aliphatic carbocycles. The summed E-state index contributed by atoms with van der Waals surface area (Å²) in [5.41, 5.74) is 1.21. The summed E-state index contributed by atoms with van der Waals surface area (Å²) in [6.45, 7) is 12.7. The number of anilines is 1. The Morgan fingerprint density at radius 2 is 1.94 bits per heavy atom. The minimum Gasteiger partial charge on any atom is -0.411 e. The Balaban J connectivity index is 1.88. The van der Waals surface area contributed by atoms with Crippen LogP contribution in [0.1, 0.15) is 57.7 Å². The lowest BCUT2D eigenvalue weighted by Gasteiger charge is -2.35. The van der Waals surface area contributed by atoms with Crippen molar-refractivity contribution in [3.8, 4) is 10.8 Å². The summed E-state index contributed by atoms with van der Waals surface area (Å²) < 4.78 is 63.6. The van der Waals surface area contributed by atoms with Gasteiger partial charge in [-0.1, -0.05) is 32.1 Å². The summed E-state index contributed by atoms with van der Waals surface area (Å²) in [6, 6.07) is 1.55. The van der Waals surface area contributed by atoms with Crippen molar-refractivity contribution in [2.24, 2.45) is 0 Å². The van der Waals surface area contributed by atoms with Gasteiger partial charge in [0.15, 0.2) is 24.2 Å². The fourth-order valence-electron chi connectivity index (χ4n) is 3.41. The molecule has 9 nitrogen and oxygen atoms in total. The average Bonchev–Trinajstić information content (AvgIpc) is 3.16. The first kappa shape index (κ1) is 27.0. The van der Waals surface area contributed by atoms with Gasteiger partial charge in [0.25, 0.3) is 6.43 Å². The fourth-order valence-corrected chi connectivity index (χ4v) is 6.51. The summed E-state index contributed by atoms with van der Waals surface area (Å²) in [6.07, 6.45) is 0.210. The van der Waals surface area contributed by atoms with Crippen molar-refractivity contribution in [3.63, 3.8) is 0 Å². The largest absolute Gasteiger partial charge is 0.411 e. The molecule has 198 valence electrons. The standard InChI is InChI=1S/C22H32F2N6O3S2Si/c1-21(2,3)36(6,7)33-12-15-16-14(25-5)10-13(35(31,32)29-22(4)8-9-22)11-30(16)18(26-15)20-28-27-19(34-20)17(23)24/h10-11,17,25,29H,8-9,12H2,1-7H3. The van der Waals surface area contributed by atoms with E-state index in [1.807, 2.05) is 6.92 Å². The second-order valence-corrected chi connectivity index (χ2v) is 18.4. The Morgan fingerprint density at radius 1 is 1.28 bits per heavy atom. The molecule has 3 aromatic heterocycles. The Labute approximate surface area is 214 Å². The minimum absolute atomic E-state index is 0.0292. The van der Waals surface area contributed by atoms with E-state index in [0.29, 0.717) is 16.9 Å². The van der Waals surface area contributed by atoms with E-state index in [2.05, 4.69) is 54.1 Å². The second kappa shape index (κ2) is 9.08. The molecule has 0 aliphatic heterocycles. The molecule has 0 saturated heterocycles. The molecule has 2 N–H and O–H groups in total. The number of fused-ring (bicyclic) bond motifs is 1. The molecule has 1 saturated carbocycles. The summed E-state index contributed by atoms with van der Waals surface area (Å²) in [4.78, 5) is 4.73. The van der Waals surface area contributed by atoms with Gasteiger partial charge in [-0.2, -0.15) is 0 Å². The van der Waals surface area contributed by atoms with Gasteiger partial charge in [-0.25, -0.2) is 26.9 Å². The molecule has 36 heavy (non-hydrogen) atoms. The molecule has 1 aliphatic rings. The maximum Gasteiger partial charge on any atom is 0.291 e. The second-order valence-electron chi connectivity index (χ2n) is 10.9. The summed E-state index contributed by atoms with van der Waals surface area (Å²) in [5, 5.41) is 10.3. The highest BCUT2D eigenvalue weighted by molar-refractivity contribution is 7.89. The Kier molecular flexibility index (Phi) is 6.82. The lowest BCUT2D eigenvalue weighted by Crippen LogP contribution is -2.40. The van der Waals surface area contributed by atoms with Gasteiger partial charge in [-0.3, -0.25) is 4.40 Å². The maximum absolute atomic E-state index is 13.2. The van der Waals surface area contributed by atoms with E-state index in [-0.39, 0.29) is 27.4 Å². The van der Waals surface area contributed by atoms with Gasteiger partial charge in [-0.05, 0) is 44.0 Å². The number of alkyl halides is 2. The van der Waals surface area contributed by atoms with Crippen LogP contribution in [-0.2, 0) is 21.1 Å². The van der Waals surface area contributed by atoms with Crippen LogP contribution in [0.3, 0.4) is 0 Å². The molecule has 4 rings (SSSR count). The molecule has 0 aromatic carbocycles. The Bertz CT molecular complexity index is 1390. The molecule has 0 unspecified atom stereocenters. The summed E-state index contributed by atoms with van der Waals surface area (Å²) >= 11 is 0.724. The average molecular weight is 559 g/mol. The third-order valence-electron chi connectivity index (χ3n) is 6.94. The number of nitrogens with one attached hydrogen (secondary N) is 2. The molecule has 3 heterocycles. The first-order valence-corrected chi connectivity index (χ1v) is 16.8. The first-order chi connectivity index (χ1) is 16.6. The quantitative estimate of drug-likeness (QED) is 0.348. The molecule has 0 radical (unpaired) electrons. The van der Waals surface area contributed by atoms with E-state index in [1.165, 1.54) is 6.20 Å². The molecule has 0 spiro atoms. The van der Waals surface area contributed by atoms with E-state index in [1.54, 1.807) is 17.5 Å². The molecule has 1 fully saturated rings. The number of imidazole rings is 1. The molecule has 0 bridgehead atoms. The molecular weight excluding hydrogens is 526 g/mol. The fraction of sp³-hybridized carbons (Fsp3) is 0.591. The van der Waals surface area contributed by atoms with Crippen molar-refractivity contribution >= 4 is 40.9 Å². The number of hydrogen-bond acceptors (Lipinski definition) is 8. The highest BCUT2D eigenvalue weighted by Gasteiger charge is 2.42. The van der Waals surface area contributed by atoms with Crippen LogP contribution in [-0.4, -0.2) is 48.9 Å². The van der Waals surface area contributed by atoms with Crippen LogP contribution >= 0.6 is 11.3 Å². The number of aromatic nitrogens is 4. The van der Waals surface area contributed by atoms with E-state index in [0.717, 1.165) is 24.2 Å². The van der Waals surface area contributed by atoms with Gasteiger partial charge in [-0.15, -0.1) is 10.2 Å². The van der Waals surface area contributed by atoms with E-state index < -0.39 is 35.3 Å². The number of pyridine rings is 1. The number of halogens is 2. The Morgan fingerprint density at radius 3 is 2.47 bits per heavy atom. The van der Waals surface area contributed by atoms with Gasteiger partial charge in [0.1, 0.15) is 4.90 Å². The zero-order valence-electron chi connectivity index (χ0n) is 21.4. The van der Waals surface area contributed by atoms with Gasteiger partial charge >= 0.3 is 0 Å². The van der Waals surface area contributed by atoms with Crippen molar-refractivity contribution < 1.29 is 21.6 Å². The lowest BCUT2D eigenvalue weighted by molar-refractivity contribution is 0.150. The predicted octanol–water partition coefficient (Wildman–Crippen LogP) is 5.18. The van der Waals surface area contributed by atoms with Gasteiger partial charge in [0, 0.05) is 18.8 Å². The van der Waals surface area contributed by atoms with Crippen LogP contribution in [0.5, 0.6) is 0 Å². The summed E-state index contributed by atoms with van der Waals surface area (Å²) in [5.74, 6) is 0.231. The van der Waals surface area contributed by atoms with Crippen LogP contribution < -0.4 is 10.0 Å². The number of nitrogens with zero attached hydrogens (tertiary/aromatic N) is 4. The van der Waals surface area contributed by atoms with E-state index >= 15 is 0 Å². The van der Waals surface area contributed by atoms with E-state index in [4.69, 9.17) is 9.41 Å². The van der Waals surface area contributed by atoms with Crippen LogP contribution in [0, 0.1) is 0 Å². The number of sulfonamides is 1. The van der Waals surface area contributed by atoms with Crippen molar-refractivity contribution in [2.75, 3.05) is 12.4 Å². The monoisotopic (exact) mass is 558 g/mol. The van der Waals surface area contributed by atoms with Gasteiger partial charge in [0.05, 0.1) is 23.5 Å². The van der Waals surface area contributed by atoms with Crippen molar-refractivity contribution in [1.82, 2.24) is 24.3 Å². The topological polar surface area (TPSA) is 111 Å². The third kappa shape index (κ3) is 5.19. The Hall–Kier alpha value is -2.00. The molecule has 14 heteroatoms.